The third-order valence-electron chi connectivity index (χ3n) is 2.25. The van der Waals surface area contributed by atoms with Crippen molar-refractivity contribution in [2.24, 2.45) is 0 Å². The third kappa shape index (κ3) is 2.90. The van der Waals surface area contributed by atoms with Crippen LogP contribution in [0.25, 0.3) is 0 Å². The summed E-state index contributed by atoms with van der Waals surface area (Å²) < 4.78 is 18.5. The molecule has 0 aliphatic carbocycles. The third-order valence-corrected chi connectivity index (χ3v) is 2.25. The van der Waals surface area contributed by atoms with Gasteiger partial charge in [0.15, 0.2) is 0 Å². The van der Waals surface area contributed by atoms with Crippen LogP contribution in [0.4, 0.5) is 10.1 Å². The van der Waals surface area contributed by atoms with Gasteiger partial charge >= 0.3 is 0 Å². The molecule has 0 amide bonds. The molecule has 0 unspecified atom stereocenters. The molecule has 4 nitrogen and oxygen atoms in total. The summed E-state index contributed by atoms with van der Waals surface area (Å²) in [6.45, 7) is 0.415. The Kier molecular flexibility index (Phi) is 3.49. The first-order chi connectivity index (χ1) is 8.29. The fourth-order valence-corrected chi connectivity index (χ4v) is 1.37. The summed E-state index contributed by atoms with van der Waals surface area (Å²) in [6, 6.07) is 4.53. The van der Waals surface area contributed by atoms with Crippen molar-refractivity contribution in [2.45, 2.75) is 6.54 Å². The van der Waals surface area contributed by atoms with Gasteiger partial charge in [-0.15, -0.1) is 0 Å². The fourth-order valence-electron chi connectivity index (χ4n) is 1.37. The molecule has 2 aromatic rings. The largest absolute Gasteiger partial charge is 0.497 e. The average molecular weight is 233 g/mol. The summed E-state index contributed by atoms with van der Waals surface area (Å²) >= 11 is 0. The van der Waals surface area contributed by atoms with E-state index in [2.05, 4.69) is 15.3 Å². The van der Waals surface area contributed by atoms with Crippen molar-refractivity contribution in [3.63, 3.8) is 0 Å². The van der Waals surface area contributed by atoms with Crippen molar-refractivity contribution in [2.75, 3.05) is 12.4 Å². The molecule has 2 rings (SSSR count). The van der Waals surface area contributed by atoms with Crippen LogP contribution in [0, 0.1) is 5.82 Å². The first kappa shape index (κ1) is 11.3. The molecule has 1 heterocycles. The highest BCUT2D eigenvalue weighted by Crippen LogP contribution is 2.21. The van der Waals surface area contributed by atoms with E-state index in [4.69, 9.17) is 4.74 Å². The molecular weight excluding hydrogens is 221 g/mol. The molecule has 0 saturated heterocycles. The Bertz CT molecular complexity index is 490. The van der Waals surface area contributed by atoms with Crippen LogP contribution in [0.3, 0.4) is 0 Å². The lowest BCUT2D eigenvalue weighted by Gasteiger charge is -2.08. The van der Waals surface area contributed by atoms with Crippen molar-refractivity contribution in [1.82, 2.24) is 9.97 Å². The predicted molar refractivity (Wildman–Crippen MR) is 62.3 cm³/mol. The lowest BCUT2D eigenvalue weighted by molar-refractivity contribution is 0.414. The van der Waals surface area contributed by atoms with Gasteiger partial charge in [-0.3, -0.25) is 9.97 Å². The lowest BCUT2D eigenvalue weighted by atomic mass is 10.2. The van der Waals surface area contributed by atoms with Gasteiger partial charge in [0.2, 0.25) is 0 Å². The van der Waals surface area contributed by atoms with Gasteiger partial charge in [-0.2, -0.15) is 0 Å². The molecule has 1 aromatic heterocycles. The maximum Gasteiger partial charge on any atom is 0.146 e. The molecule has 0 aliphatic heterocycles. The van der Waals surface area contributed by atoms with E-state index in [0.29, 0.717) is 18.0 Å². The van der Waals surface area contributed by atoms with Crippen molar-refractivity contribution in [3.05, 3.63) is 48.3 Å². The Hall–Kier alpha value is -2.17. The number of halogens is 1. The molecule has 17 heavy (non-hydrogen) atoms. The maximum atomic E-state index is 13.5. The minimum absolute atomic E-state index is 0.324. The number of nitrogens with zero attached hydrogens (tertiary/aromatic N) is 2. The van der Waals surface area contributed by atoms with E-state index in [9.17, 15) is 4.39 Å². The van der Waals surface area contributed by atoms with Crippen molar-refractivity contribution in [3.8, 4) is 5.75 Å². The van der Waals surface area contributed by atoms with Crippen LogP contribution in [0.2, 0.25) is 0 Å². The number of methoxy groups -OCH3 is 1. The fraction of sp³-hybridized carbons (Fsp3) is 0.167. The molecule has 5 heteroatoms. The zero-order chi connectivity index (χ0) is 12.1. The van der Waals surface area contributed by atoms with E-state index in [-0.39, 0.29) is 5.82 Å². The summed E-state index contributed by atoms with van der Waals surface area (Å²) in [7, 11) is 1.54. The average Bonchev–Trinajstić information content (AvgIpc) is 2.39. The van der Waals surface area contributed by atoms with Crippen LogP contribution in [-0.4, -0.2) is 17.1 Å². The standard InChI is InChI=1S/C12H12FN3O/c1-17-10-2-3-11(13)12(6-10)16-8-9-7-14-4-5-15-9/h2-7,16H,8H2,1H3. The Balaban J connectivity index is 2.08. The second-order valence-electron chi connectivity index (χ2n) is 3.40. The number of hydrogen-bond donors (Lipinski definition) is 1. The van der Waals surface area contributed by atoms with E-state index in [1.54, 1.807) is 37.8 Å². The van der Waals surface area contributed by atoms with Gasteiger partial charge in [0, 0.05) is 18.5 Å². The number of rotatable bonds is 4. The van der Waals surface area contributed by atoms with Gasteiger partial charge in [0.25, 0.3) is 0 Å². The van der Waals surface area contributed by atoms with E-state index in [0.717, 1.165) is 5.69 Å². The monoisotopic (exact) mass is 233 g/mol. The molecule has 0 atom stereocenters. The number of nitrogens with one attached hydrogen (secondary N) is 1. The van der Waals surface area contributed by atoms with Gasteiger partial charge in [0.1, 0.15) is 11.6 Å². The van der Waals surface area contributed by atoms with Crippen molar-refractivity contribution in [1.29, 1.82) is 0 Å². The predicted octanol–water partition coefficient (Wildman–Crippen LogP) is 2.24. The molecule has 0 saturated carbocycles. The zero-order valence-corrected chi connectivity index (χ0v) is 9.35. The Morgan fingerprint density at radius 2 is 2.24 bits per heavy atom. The SMILES string of the molecule is COc1ccc(F)c(NCc2cnccn2)c1. The minimum Gasteiger partial charge on any atom is -0.497 e. The Morgan fingerprint density at radius 3 is 2.94 bits per heavy atom. The van der Waals surface area contributed by atoms with Crippen LogP contribution < -0.4 is 10.1 Å². The summed E-state index contributed by atoms with van der Waals surface area (Å²) in [5, 5.41) is 2.95. The Morgan fingerprint density at radius 1 is 1.35 bits per heavy atom. The second-order valence-corrected chi connectivity index (χ2v) is 3.40. The van der Waals surface area contributed by atoms with Crippen LogP contribution in [-0.2, 0) is 6.54 Å². The molecule has 88 valence electrons. The van der Waals surface area contributed by atoms with Crippen LogP contribution in [0.5, 0.6) is 5.75 Å². The van der Waals surface area contributed by atoms with E-state index >= 15 is 0 Å². The molecule has 1 N–H and O–H groups in total. The van der Waals surface area contributed by atoms with Crippen LogP contribution in [0.1, 0.15) is 5.69 Å². The molecule has 1 aromatic carbocycles. The summed E-state index contributed by atoms with van der Waals surface area (Å²) in [5.41, 5.74) is 1.13. The smallest absolute Gasteiger partial charge is 0.146 e. The van der Waals surface area contributed by atoms with Gasteiger partial charge < -0.3 is 10.1 Å². The second kappa shape index (κ2) is 5.25. The maximum absolute atomic E-state index is 13.5. The quantitative estimate of drug-likeness (QED) is 0.879. The van der Waals surface area contributed by atoms with E-state index < -0.39 is 0 Å². The summed E-state index contributed by atoms with van der Waals surface area (Å²) in [4.78, 5) is 8.02. The number of anilines is 1. The van der Waals surface area contributed by atoms with Crippen molar-refractivity contribution >= 4 is 5.69 Å². The highest BCUT2D eigenvalue weighted by atomic mass is 19.1. The number of hydrogen-bond acceptors (Lipinski definition) is 4. The summed E-state index contributed by atoms with van der Waals surface area (Å²) in [6.07, 6.45) is 4.82. The molecule has 0 fully saturated rings. The Labute approximate surface area is 98.5 Å². The molecule has 0 radical (unpaired) electrons. The number of ether oxygens (including phenoxy) is 1. The molecule has 0 bridgehead atoms. The molecular formula is C12H12FN3O. The van der Waals surface area contributed by atoms with Gasteiger partial charge in [-0.25, -0.2) is 4.39 Å². The van der Waals surface area contributed by atoms with Crippen LogP contribution >= 0.6 is 0 Å². The first-order valence-corrected chi connectivity index (χ1v) is 5.12. The molecule has 0 aliphatic rings. The highest BCUT2D eigenvalue weighted by Gasteiger charge is 2.03. The van der Waals surface area contributed by atoms with Crippen LogP contribution in [0.15, 0.2) is 36.8 Å². The van der Waals surface area contributed by atoms with E-state index in [1.165, 1.54) is 6.07 Å². The molecule has 0 spiro atoms. The zero-order valence-electron chi connectivity index (χ0n) is 9.35. The minimum atomic E-state index is -0.324. The number of benzene rings is 1. The highest BCUT2D eigenvalue weighted by molar-refractivity contribution is 5.49. The van der Waals surface area contributed by atoms with Gasteiger partial charge in [-0.1, -0.05) is 0 Å². The van der Waals surface area contributed by atoms with Gasteiger partial charge in [-0.05, 0) is 12.1 Å². The lowest BCUT2D eigenvalue weighted by Crippen LogP contribution is -2.03. The first-order valence-electron chi connectivity index (χ1n) is 5.12. The normalized spacial score (nSPS) is 10.0. The van der Waals surface area contributed by atoms with Gasteiger partial charge in [0.05, 0.1) is 31.2 Å². The topological polar surface area (TPSA) is 47.0 Å². The summed E-state index contributed by atoms with van der Waals surface area (Å²) in [5.74, 6) is 0.280. The number of aromatic nitrogens is 2. The van der Waals surface area contributed by atoms with E-state index in [1.807, 2.05) is 0 Å². The van der Waals surface area contributed by atoms with Crippen molar-refractivity contribution < 1.29 is 9.13 Å².